The monoisotopic (exact) mass is 239 g/mol. The molecule has 1 nitrogen and oxygen atoms in total. The molecule has 78 valence electrons. The number of alkyl halides is 1. The average molecular weight is 240 g/mol. The lowest BCUT2D eigenvalue weighted by Gasteiger charge is -2.25. The molecule has 0 aliphatic carbocycles. The van der Waals surface area contributed by atoms with E-state index >= 15 is 0 Å². The minimum absolute atomic E-state index is 0.813. The third-order valence-corrected chi connectivity index (χ3v) is 4.34. The molecule has 0 aromatic carbocycles. The van der Waals surface area contributed by atoms with Crippen molar-refractivity contribution in [3.8, 4) is 0 Å². The Morgan fingerprint density at radius 2 is 2.00 bits per heavy atom. The van der Waals surface area contributed by atoms with E-state index in [1.165, 1.54) is 42.6 Å². The van der Waals surface area contributed by atoms with Crippen LogP contribution in [0.3, 0.4) is 0 Å². The van der Waals surface area contributed by atoms with Gasteiger partial charge < -0.3 is 4.90 Å². The molecule has 1 aliphatic rings. The molecular formula is C9H18ClNS2. The van der Waals surface area contributed by atoms with E-state index in [9.17, 15) is 0 Å². The molecule has 1 rings (SSSR count). The van der Waals surface area contributed by atoms with E-state index in [1.54, 1.807) is 0 Å². The molecule has 0 spiro atoms. The van der Waals surface area contributed by atoms with Gasteiger partial charge >= 0.3 is 0 Å². The lowest BCUT2D eigenvalue weighted by Crippen LogP contribution is -2.34. The molecule has 1 aliphatic heterocycles. The van der Waals surface area contributed by atoms with Crippen molar-refractivity contribution in [2.45, 2.75) is 6.42 Å². The van der Waals surface area contributed by atoms with Crippen molar-refractivity contribution in [2.24, 2.45) is 0 Å². The quantitative estimate of drug-likeness (QED) is 0.518. The van der Waals surface area contributed by atoms with Crippen LogP contribution in [0.15, 0.2) is 0 Å². The highest BCUT2D eigenvalue weighted by Gasteiger charge is 2.08. The highest BCUT2D eigenvalue weighted by Crippen LogP contribution is 2.10. The van der Waals surface area contributed by atoms with E-state index < -0.39 is 0 Å². The van der Waals surface area contributed by atoms with Gasteiger partial charge in [0.1, 0.15) is 0 Å². The van der Waals surface area contributed by atoms with Crippen LogP contribution in [0.5, 0.6) is 0 Å². The third-order valence-electron chi connectivity index (χ3n) is 2.08. The Hall–Kier alpha value is 0.950. The SMILES string of the molecule is ClCCCSCCN1CCSCC1. The molecule has 0 unspecified atom stereocenters. The molecule has 13 heavy (non-hydrogen) atoms. The number of thioether (sulfide) groups is 2. The van der Waals surface area contributed by atoms with Gasteiger partial charge in [-0.15, -0.1) is 11.6 Å². The van der Waals surface area contributed by atoms with Gasteiger partial charge in [-0.25, -0.2) is 0 Å². The van der Waals surface area contributed by atoms with Crippen LogP contribution in [0.4, 0.5) is 0 Å². The normalized spacial score (nSPS) is 19.2. The van der Waals surface area contributed by atoms with Gasteiger partial charge in [0.2, 0.25) is 0 Å². The topological polar surface area (TPSA) is 3.24 Å². The fraction of sp³-hybridized carbons (Fsp3) is 1.00. The predicted molar refractivity (Wildman–Crippen MR) is 66.4 cm³/mol. The summed E-state index contributed by atoms with van der Waals surface area (Å²) in [5.41, 5.74) is 0. The van der Waals surface area contributed by atoms with E-state index in [2.05, 4.69) is 16.7 Å². The Balaban J connectivity index is 1.86. The Labute approximate surface area is 95.0 Å². The summed E-state index contributed by atoms with van der Waals surface area (Å²) in [6, 6.07) is 0. The number of nitrogens with zero attached hydrogens (tertiary/aromatic N) is 1. The van der Waals surface area contributed by atoms with Gasteiger partial charge in [0.05, 0.1) is 0 Å². The van der Waals surface area contributed by atoms with Crippen molar-refractivity contribution in [1.29, 1.82) is 0 Å². The third kappa shape index (κ3) is 6.10. The first-order chi connectivity index (χ1) is 6.43. The lowest BCUT2D eigenvalue weighted by molar-refractivity contribution is 0.322. The number of hydrogen-bond donors (Lipinski definition) is 0. The molecule has 0 bridgehead atoms. The molecule has 4 heteroatoms. The van der Waals surface area contributed by atoms with E-state index in [4.69, 9.17) is 11.6 Å². The van der Waals surface area contributed by atoms with Crippen LogP contribution in [-0.2, 0) is 0 Å². The zero-order valence-corrected chi connectivity index (χ0v) is 10.4. The summed E-state index contributed by atoms with van der Waals surface area (Å²) < 4.78 is 0. The summed E-state index contributed by atoms with van der Waals surface area (Å²) in [6.07, 6.45) is 1.15. The minimum Gasteiger partial charge on any atom is -0.301 e. The van der Waals surface area contributed by atoms with Crippen LogP contribution in [0.2, 0.25) is 0 Å². The van der Waals surface area contributed by atoms with Gasteiger partial charge in [-0.2, -0.15) is 23.5 Å². The van der Waals surface area contributed by atoms with Gasteiger partial charge in [0, 0.05) is 42.8 Å². The largest absolute Gasteiger partial charge is 0.301 e. The van der Waals surface area contributed by atoms with Crippen LogP contribution in [-0.4, -0.2) is 53.4 Å². The van der Waals surface area contributed by atoms with E-state index in [0.29, 0.717) is 0 Å². The van der Waals surface area contributed by atoms with Gasteiger partial charge in [-0.1, -0.05) is 0 Å². The molecule has 1 heterocycles. The molecule has 0 aromatic rings. The fourth-order valence-electron chi connectivity index (χ4n) is 1.28. The van der Waals surface area contributed by atoms with Gasteiger partial charge in [0.15, 0.2) is 0 Å². The summed E-state index contributed by atoms with van der Waals surface area (Å²) in [5.74, 6) is 5.97. The molecule has 1 saturated heterocycles. The highest BCUT2D eigenvalue weighted by molar-refractivity contribution is 7.99. The van der Waals surface area contributed by atoms with E-state index in [-0.39, 0.29) is 0 Å². The van der Waals surface area contributed by atoms with E-state index in [1.807, 2.05) is 11.8 Å². The fourth-order valence-corrected chi connectivity index (χ4v) is 3.49. The number of hydrogen-bond acceptors (Lipinski definition) is 3. The summed E-state index contributed by atoms with van der Waals surface area (Å²) in [6.45, 7) is 3.86. The second kappa shape index (κ2) is 8.27. The van der Waals surface area contributed by atoms with E-state index in [0.717, 1.165) is 12.3 Å². The van der Waals surface area contributed by atoms with Crippen LogP contribution < -0.4 is 0 Å². The molecule has 0 N–H and O–H groups in total. The second-order valence-electron chi connectivity index (χ2n) is 3.11. The second-order valence-corrected chi connectivity index (χ2v) is 5.94. The maximum atomic E-state index is 5.60. The summed E-state index contributed by atoms with van der Waals surface area (Å²) in [5, 5.41) is 0. The minimum atomic E-state index is 0.813. The van der Waals surface area contributed by atoms with Crippen molar-refractivity contribution < 1.29 is 0 Å². The first-order valence-electron chi connectivity index (χ1n) is 4.87. The predicted octanol–water partition coefficient (Wildman–Crippen LogP) is 2.40. The lowest BCUT2D eigenvalue weighted by atomic mass is 10.5. The Morgan fingerprint density at radius 1 is 1.23 bits per heavy atom. The smallest absolute Gasteiger partial charge is 0.0231 e. The van der Waals surface area contributed by atoms with Gasteiger partial charge in [0.25, 0.3) is 0 Å². The van der Waals surface area contributed by atoms with Crippen LogP contribution >= 0.6 is 35.1 Å². The van der Waals surface area contributed by atoms with Crippen LogP contribution in [0, 0.1) is 0 Å². The number of rotatable bonds is 6. The first-order valence-corrected chi connectivity index (χ1v) is 7.71. The Bertz CT molecular complexity index is 118. The Morgan fingerprint density at radius 3 is 2.69 bits per heavy atom. The van der Waals surface area contributed by atoms with Crippen molar-refractivity contribution in [3.63, 3.8) is 0 Å². The summed E-state index contributed by atoms with van der Waals surface area (Å²) >= 11 is 9.72. The molecule has 0 amide bonds. The molecule has 1 fully saturated rings. The first kappa shape index (κ1) is 12.0. The molecule has 0 atom stereocenters. The van der Waals surface area contributed by atoms with Crippen molar-refractivity contribution in [1.82, 2.24) is 4.90 Å². The van der Waals surface area contributed by atoms with Gasteiger partial charge in [-0.3, -0.25) is 0 Å². The average Bonchev–Trinajstić information content (AvgIpc) is 2.19. The molecule has 0 aromatic heterocycles. The number of halogens is 1. The molecule has 0 radical (unpaired) electrons. The molecular weight excluding hydrogens is 222 g/mol. The maximum absolute atomic E-state index is 5.60. The summed E-state index contributed by atoms with van der Waals surface area (Å²) in [7, 11) is 0. The molecule has 0 saturated carbocycles. The summed E-state index contributed by atoms with van der Waals surface area (Å²) in [4.78, 5) is 2.57. The van der Waals surface area contributed by atoms with Gasteiger partial charge in [-0.05, 0) is 12.2 Å². The zero-order valence-electron chi connectivity index (χ0n) is 8.01. The zero-order chi connectivity index (χ0) is 9.36. The van der Waals surface area contributed by atoms with Crippen molar-refractivity contribution in [2.75, 3.05) is 48.5 Å². The van der Waals surface area contributed by atoms with Crippen LogP contribution in [0.25, 0.3) is 0 Å². The Kier molecular flexibility index (Phi) is 7.65. The highest BCUT2D eigenvalue weighted by atomic mass is 35.5. The van der Waals surface area contributed by atoms with Crippen molar-refractivity contribution >= 4 is 35.1 Å². The standard InChI is InChI=1S/C9H18ClNS2/c10-2-1-6-12-7-3-11-4-8-13-9-5-11/h1-9H2. The van der Waals surface area contributed by atoms with Crippen molar-refractivity contribution in [3.05, 3.63) is 0 Å². The van der Waals surface area contributed by atoms with Crippen LogP contribution in [0.1, 0.15) is 6.42 Å². The maximum Gasteiger partial charge on any atom is 0.0231 e.